The average molecular weight is 172 g/mol. The molecule has 0 radical (unpaired) electrons. The first-order chi connectivity index (χ1) is 5.74. The van der Waals surface area contributed by atoms with Crippen LogP contribution in [0, 0.1) is 5.92 Å². The molecular formula is C9H20N2O. The first kappa shape index (κ1) is 9.96. The fourth-order valence-electron chi connectivity index (χ4n) is 1.74. The van der Waals surface area contributed by atoms with Gasteiger partial charge in [-0.25, -0.2) is 0 Å². The van der Waals surface area contributed by atoms with Gasteiger partial charge >= 0.3 is 0 Å². The van der Waals surface area contributed by atoms with E-state index in [4.69, 9.17) is 0 Å². The van der Waals surface area contributed by atoms with E-state index in [1.807, 2.05) is 7.05 Å². The molecule has 1 heterocycles. The molecule has 0 aromatic carbocycles. The Morgan fingerprint density at radius 1 is 1.67 bits per heavy atom. The standard InChI is InChI=1S/C9H20N2O/c1-7-5-8(11-6-7)9(12)3-4-10-2/h7-12H,3-6H2,1-2H3/t7-,8-,9+/m0/s1. The van der Waals surface area contributed by atoms with Crippen LogP contribution in [0.25, 0.3) is 0 Å². The maximum absolute atomic E-state index is 9.70. The highest BCUT2D eigenvalue weighted by molar-refractivity contribution is 4.84. The minimum Gasteiger partial charge on any atom is -0.391 e. The third-order valence-electron chi connectivity index (χ3n) is 2.54. The van der Waals surface area contributed by atoms with Crippen molar-refractivity contribution >= 4 is 0 Å². The van der Waals surface area contributed by atoms with Crippen LogP contribution in [0.15, 0.2) is 0 Å². The summed E-state index contributed by atoms with van der Waals surface area (Å²) in [5, 5.41) is 16.1. The third kappa shape index (κ3) is 2.73. The van der Waals surface area contributed by atoms with Crippen molar-refractivity contribution in [2.75, 3.05) is 20.1 Å². The molecule has 0 aromatic rings. The van der Waals surface area contributed by atoms with Gasteiger partial charge < -0.3 is 15.7 Å². The molecule has 1 fully saturated rings. The second-order valence-electron chi connectivity index (χ2n) is 3.82. The molecule has 3 heteroatoms. The van der Waals surface area contributed by atoms with Crippen LogP contribution in [-0.4, -0.2) is 37.4 Å². The van der Waals surface area contributed by atoms with Gasteiger partial charge in [0.2, 0.25) is 0 Å². The zero-order valence-corrected chi connectivity index (χ0v) is 8.01. The van der Waals surface area contributed by atoms with E-state index in [9.17, 15) is 5.11 Å². The lowest BCUT2D eigenvalue weighted by Crippen LogP contribution is -2.36. The topological polar surface area (TPSA) is 44.3 Å². The maximum Gasteiger partial charge on any atom is 0.0705 e. The molecule has 72 valence electrons. The Hall–Kier alpha value is -0.120. The smallest absolute Gasteiger partial charge is 0.0705 e. The summed E-state index contributed by atoms with van der Waals surface area (Å²) in [6.07, 6.45) is 1.79. The fourth-order valence-corrected chi connectivity index (χ4v) is 1.74. The maximum atomic E-state index is 9.70. The lowest BCUT2D eigenvalue weighted by molar-refractivity contribution is 0.126. The fraction of sp³-hybridized carbons (Fsp3) is 1.00. The zero-order chi connectivity index (χ0) is 8.97. The van der Waals surface area contributed by atoms with Gasteiger partial charge in [-0.15, -0.1) is 0 Å². The molecule has 3 atom stereocenters. The average Bonchev–Trinajstić information content (AvgIpc) is 2.47. The summed E-state index contributed by atoms with van der Waals surface area (Å²) in [7, 11) is 1.91. The van der Waals surface area contributed by atoms with E-state index in [0.717, 1.165) is 31.8 Å². The monoisotopic (exact) mass is 172 g/mol. The van der Waals surface area contributed by atoms with Crippen LogP contribution in [0.3, 0.4) is 0 Å². The first-order valence-electron chi connectivity index (χ1n) is 4.80. The van der Waals surface area contributed by atoms with Crippen molar-refractivity contribution in [3.05, 3.63) is 0 Å². The van der Waals surface area contributed by atoms with Crippen molar-refractivity contribution in [3.63, 3.8) is 0 Å². The van der Waals surface area contributed by atoms with Gasteiger partial charge in [0.25, 0.3) is 0 Å². The quantitative estimate of drug-likeness (QED) is 0.557. The van der Waals surface area contributed by atoms with Crippen molar-refractivity contribution in [3.8, 4) is 0 Å². The number of aliphatic hydroxyl groups is 1. The summed E-state index contributed by atoms with van der Waals surface area (Å²) in [5.41, 5.74) is 0. The molecule has 1 saturated heterocycles. The Labute approximate surface area is 74.5 Å². The van der Waals surface area contributed by atoms with Crippen molar-refractivity contribution in [2.45, 2.75) is 31.9 Å². The van der Waals surface area contributed by atoms with Gasteiger partial charge in [0.1, 0.15) is 0 Å². The van der Waals surface area contributed by atoms with E-state index in [0.29, 0.717) is 6.04 Å². The number of rotatable bonds is 4. The van der Waals surface area contributed by atoms with Crippen LogP contribution < -0.4 is 10.6 Å². The lowest BCUT2D eigenvalue weighted by Gasteiger charge is -2.17. The van der Waals surface area contributed by atoms with Crippen LogP contribution in [0.1, 0.15) is 19.8 Å². The van der Waals surface area contributed by atoms with E-state index < -0.39 is 0 Å². The summed E-state index contributed by atoms with van der Waals surface area (Å²) in [4.78, 5) is 0. The molecule has 3 N–H and O–H groups in total. The number of hydrogen-bond acceptors (Lipinski definition) is 3. The summed E-state index contributed by atoms with van der Waals surface area (Å²) in [6, 6.07) is 0.327. The molecule has 1 aliphatic rings. The zero-order valence-electron chi connectivity index (χ0n) is 8.01. The SMILES string of the molecule is CNCC[C@@H](O)[C@@H]1C[C@H](C)CN1. The third-order valence-corrected chi connectivity index (χ3v) is 2.54. The van der Waals surface area contributed by atoms with Gasteiger partial charge in [0.15, 0.2) is 0 Å². The van der Waals surface area contributed by atoms with Gasteiger partial charge in [-0.3, -0.25) is 0 Å². The van der Waals surface area contributed by atoms with Gasteiger partial charge in [0, 0.05) is 6.04 Å². The second-order valence-corrected chi connectivity index (χ2v) is 3.82. The van der Waals surface area contributed by atoms with Crippen LogP contribution in [0.4, 0.5) is 0 Å². The highest BCUT2D eigenvalue weighted by Crippen LogP contribution is 2.16. The number of nitrogens with one attached hydrogen (secondary N) is 2. The molecule has 0 saturated carbocycles. The number of hydrogen-bond donors (Lipinski definition) is 3. The Balaban J connectivity index is 2.18. The molecule has 3 nitrogen and oxygen atoms in total. The highest BCUT2D eigenvalue weighted by atomic mass is 16.3. The van der Waals surface area contributed by atoms with Crippen molar-refractivity contribution in [2.24, 2.45) is 5.92 Å². The molecule has 1 rings (SSSR count). The van der Waals surface area contributed by atoms with Crippen LogP contribution >= 0.6 is 0 Å². The van der Waals surface area contributed by atoms with Gasteiger partial charge in [-0.2, -0.15) is 0 Å². The Bertz CT molecular complexity index is 130. The van der Waals surface area contributed by atoms with Crippen molar-refractivity contribution in [1.82, 2.24) is 10.6 Å². The van der Waals surface area contributed by atoms with Gasteiger partial charge in [0.05, 0.1) is 6.10 Å². The molecule has 0 bridgehead atoms. The summed E-state index contributed by atoms with van der Waals surface area (Å²) in [5.74, 6) is 0.722. The summed E-state index contributed by atoms with van der Waals surface area (Å²) >= 11 is 0. The molecular weight excluding hydrogens is 152 g/mol. The molecule has 0 amide bonds. The van der Waals surface area contributed by atoms with Gasteiger partial charge in [-0.05, 0) is 38.9 Å². The lowest BCUT2D eigenvalue weighted by atomic mass is 10.0. The molecule has 1 aliphatic heterocycles. The summed E-state index contributed by atoms with van der Waals surface area (Å²) < 4.78 is 0. The largest absolute Gasteiger partial charge is 0.391 e. The Kier molecular flexibility index (Phi) is 3.98. The van der Waals surface area contributed by atoms with E-state index in [1.54, 1.807) is 0 Å². The molecule has 0 spiro atoms. The highest BCUT2D eigenvalue weighted by Gasteiger charge is 2.26. The van der Waals surface area contributed by atoms with E-state index in [2.05, 4.69) is 17.6 Å². The van der Waals surface area contributed by atoms with Crippen LogP contribution in [0.2, 0.25) is 0 Å². The Morgan fingerprint density at radius 2 is 2.42 bits per heavy atom. The van der Waals surface area contributed by atoms with E-state index >= 15 is 0 Å². The van der Waals surface area contributed by atoms with Crippen LogP contribution in [-0.2, 0) is 0 Å². The predicted octanol–water partition coefficient (Wildman–Crippen LogP) is -0.0452. The van der Waals surface area contributed by atoms with E-state index in [-0.39, 0.29) is 6.10 Å². The van der Waals surface area contributed by atoms with Crippen molar-refractivity contribution < 1.29 is 5.11 Å². The predicted molar refractivity (Wildman–Crippen MR) is 50.1 cm³/mol. The molecule has 0 aromatic heterocycles. The van der Waals surface area contributed by atoms with Crippen LogP contribution in [0.5, 0.6) is 0 Å². The molecule has 12 heavy (non-hydrogen) atoms. The molecule has 0 aliphatic carbocycles. The Morgan fingerprint density at radius 3 is 2.92 bits per heavy atom. The number of aliphatic hydroxyl groups excluding tert-OH is 1. The minimum atomic E-state index is -0.178. The normalized spacial score (nSPS) is 32.2. The first-order valence-corrected chi connectivity index (χ1v) is 4.80. The summed E-state index contributed by atoms with van der Waals surface area (Å²) in [6.45, 7) is 4.17. The minimum absolute atomic E-state index is 0.178. The molecule has 0 unspecified atom stereocenters. The van der Waals surface area contributed by atoms with Gasteiger partial charge in [-0.1, -0.05) is 6.92 Å². The second kappa shape index (κ2) is 4.80. The van der Waals surface area contributed by atoms with Crippen molar-refractivity contribution in [1.29, 1.82) is 0 Å². The van der Waals surface area contributed by atoms with E-state index in [1.165, 1.54) is 0 Å².